The monoisotopic (exact) mass is 383 g/mol. The van der Waals surface area contributed by atoms with E-state index in [2.05, 4.69) is 5.32 Å². The zero-order valence-electron chi connectivity index (χ0n) is 15.1. The van der Waals surface area contributed by atoms with Gasteiger partial charge in [0.15, 0.2) is 0 Å². The van der Waals surface area contributed by atoms with E-state index < -0.39 is 11.9 Å². The third-order valence-electron chi connectivity index (χ3n) is 5.03. The Bertz CT molecular complexity index is 855. The van der Waals surface area contributed by atoms with Gasteiger partial charge in [-0.25, -0.2) is 4.79 Å². The van der Waals surface area contributed by atoms with E-state index in [1.807, 2.05) is 30.3 Å². The molecule has 4 atom stereocenters. The lowest BCUT2D eigenvalue weighted by Gasteiger charge is -2.18. The Hall–Kier alpha value is -2.74. The molecule has 0 aromatic heterocycles. The maximum atomic E-state index is 12.6. The summed E-state index contributed by atoms with van der Waals surface area (Å²) in [6, 6.07) is 15.6. The maximum absolute atomic E-state index is 12.6. The Morgan fingerprint density at radius 2 is 1.64 bits per heavy atom. The summed E-state index contributed by atoms with van der Waals surface area (Å²) in [5.41, 5.74) is 1.15. The summed E-state index contributed by atoms with van der Waals surface area (Å²) in [6.45, 7) is 1.15. The van der Waals surface area contributed by atoms with Gasteiger partial charge in [-0.05, 0) is 17.7 Å². The zero-order chi connectivity index (χ0) is 19.5. The molecule has 0 unspecified atom stereocenters. The van der Waals surface area contributed by atoms with Crippen LogP contribution in [-0.2, 0) is 20.8 Å². The standard InChI is InChI=1S/C21H21NO6/c23-20(14-8-4-5-9-15(14)21(24)25)22-16-11-27-19-17(12-28-18(16)19)26-10-13-6-2-1-3-7-13/h1-9,16-19H,10-12H2,(H,22,23)(H,24,25)/t16-,17+,18+,19+/m0/s1. The number of ether oxygens (including phenoxy) is 3. The Balaban J connectivity index is 1.37. The van der Waals surface area contributed by atoms with E-state index in [9.17, 15) is 14.7 Å². The second-order valence-electron chi connectivity index (χ2n) is 6.86. The predicted octanol–water partition coefficient (Wildman–Crippen LogP) is 1.87. The summed E-state index contributed by atoms with van der Waals surface area (Å²) in [4.78, 5) is 23.9. The molecule has 7 nitrogen and oxygen atoms in total. The van der Waals surface area contributed by atoms with Crippen LogP contribution in [0.2, 0.25) is 0 Å². The lowest BCUT2D eigenvalue weighted by Crippen LogP contribution is -2.44. The van der Waals surface area contributed by atoms with Gasteiger partial charge in [0.05, 0.1) is 37.0 Å². The molecular formula is C21H21NO6. The Morgan fingerprint density at radius 1 is 0.964 bits per heavy atom. The van der Waals surface area contributed by atoms with Crippen molar-refractivity contribution in [1.82, 2.24) is 5.32 Å². The fourth-order valence-corrected chi connectivity index (χ4v) is 3.62. The molecule has 2 N–H and O–H groups in total. The second-order valence-corrected chi connectivity index (χ2v) is 6.86. The summed E-state index contributed by atoms with van der Waals surface area (Å²) < 4.78 is 17.6. The molecule has 0 saturated carbocycles. The van der Waals surface area contributed by atoms with Gasteiger partial charge in [0, 0.05) is 0 Å². The second kappa shape index (κ2) is 8.10. The normalized spacial score (nSPS) is 26.0. The molecule has 2 aliphatic rings. The van der Waals surface area contributed by atoms with E-state index in [1.165, 1.54) is 12.1 Å². The number of fused-ring (bicyclic) bond motifs is 1. The minimum Gasteiger partial charge on any atom is -0.478 e. The van der Waals surface area contributed by atoms with Gasteiger partial charge in [-0.15, -0.1) is 0 Å². The van der Waals surface area contributed by atoms with Crippen molar-refractivity contribution in [1.29, 1.82) is 0 Å². The van der Waals surface area contributed by atoms with Gasteiger partial charge in [-0.3, -0.25) is 4.79 Å². The number of nitrogens with one attached hydrogen (secondary N) is 1. The van der Waals surface area contributed by atoms with Crippen molar-refractivity contribution in [3.8, 4) is 0 Å². The molecule has 2 saturated heterocycles. The number of carboxylic acid groups (broad SMARTS) is 1. The first-order valence-corrected chi connectivity index (χ1v) is 9.15. The minimum absolute atomic E-state index is 0.0353. The highest BCUT2D eigenvalue weighted by atomic mass is 16.6. The summed E-state index contributed by atoms with van der Waals surface area (Å²) >= 11 is 0. The molecule has 146 valence electrons. The first kappa shape index (κ1) is 18.6. The average molecular weight is 383 g/mol. The first-order valence-electron chi connectivity index (χ1n) is 9.15. The van der Waals surface area contributed by atoms with Gasteiger partial charge in [-0.1, -0.05) is 42.5 Å². The van der Waals surface area contributed by atoms with Gasteiger partial charge in [0.25, 0.3) is 5.91 Å². The molecule has 2 aliphatic heterocycles. The van der Waals surface area contributed by atoms with E-state index in [1.54, 1.807) is 12.1 Å². The average Bonchev–Trinajstić information content (AvgIpc) is 3.30. The third-order valence-corrected chi connectivity index (χ3v) is 5.03. The van der Waals surface area contributed by atoms with E-state index in [4.69, 9.17) is 14.2 Å². The van der Waals surface area contributed by atoms with Gasteiger partial charge in [-0.2, -0.15) is 0 Å². The molecule has 0 aliphatic carbocycles. The summed E-state index contributed by atoms with van der Waals surface area (Å²) in [6.07, 6.45) is -0.788. The van der Waals surface area contributed by atoms with Crippen LogP contribution in [0.4, 0.5) is 0 Å². The Kier molecular flexibility index (Phi) is 5.38. The largest absolute Gasteiger partial charge is 0.478 e. The van der Waals surface area contributed by atoms with E-state index in [-0.39, 0.29) is 35.5 Å². The van der Waals surface area contributed by atoms with Gasteiger partial charge in [0.2, 0.25) is 0 Å². The molecule has 7 heteroatoms. The molecular weight excluding hydrogens is 362 g/mol. The van der Waals surface area contributed by atoms with Crippen LogP contribution >= 0.6 is 0 Å². The third kappa shape index (κ3) is 3.77. The van der Waals surface area contributed by atoms with E-state index >= 15 is 0 Å². The highest BCUT2D eigenvalue weighted by Gasteiger charge is 2.48. The topological polar surface area (TPSA) is 94.1 Å². The summed E-state index contributed by atoms with van der Waals surface area (Å²) in [7, 11) is 0. The van der Waals surface area contributed by atoms with E-state index in [0.29, 0.717) is 19.8 Å². The fraction of sp³-hybridized carbons (Fsp3) is 0.333. The smallest absolute Gasteiger partial charge is 0.336 e. The maximum Gasteiger partial charge on any atom is 0.336 e. The molecule has 28 heavy (non-hydrogen) atoms. The van der Waals surface area contributed by atoms with Gasteiger partial charge < -0.3 is 24.6 Å². The number of hydrogen-bond donors (Lipinski definition) is 2. The zero-order valence-corrected chi connectivity index (χ0v) is 15.1. The molecule has 2 aromatic carbocycles. The number of rotatable bonds is 6. The predicted molar refractivity (Wildman–Crippen MR) is 99.2 cm³/mol. The number of carbonyl (C=O) groups is 2. The molecule has 2 fully saturated rings. The van der Waals surface area contributed by atoms with Crippen molar-refractivity contribution < 1.29 is 28.9 Å². The van der Waals surface area contributed by atoms with Crippen molar-refractivity contribution in [2.75, 3.05) is 13.2 Å². The van der Waals surface area contributed by atoms with Crippen LogP contribution in [0.1, 0.15) is 26.3 Å². The molecule has 0 bridgehead atoms. The summed E-state index contributed by atoms with van der Waals surface area (Å²) in [5.74, 6) is -1.60. The fourth-order valence-electron chi connectivity index (χ4n) is 3.62. The minimum atomic E-state index is -1.14. The molecule has 1 amide bonds. The Labute approximate surface area is 162 Å². The molecule has 2 aromatic rings. The quantitative estimate of drug-likeness (QED) is 0.791. The molecule has 4 rings (SSSR count). The number of benzene rings is 2. The van der Waals surface area contributed by atoms with Crippen LogP contribution < -0.4 is 5.32 Å². The first-order chi connectivity index (χ1) is 13.6. The number of amides is 1. The Morgan fingerprint density at radius 3 is 2.39 bits per heavy atom. The number of hydrogen-bond acceptors (Lipinski definition) is 5. The van der Waals surface area contributed by atoms with Crippen LogP contribution in [0.3, 0.4) is 0 Å². The lowest BCUT2D eigenvalue weighted by molar-refractivity contribution is -0.0392. The van der Waals surface area contributed by atoms with Gasteiger partial charge in [0.1, 0.15) is 18.3 Å². The van der Waals surface area contributed by atoms with Crippen molar-refractivity contribution in [2.45, 2.75) is 31.0 Å². The van der Waals surface area contributed by atoms with Crippen LogP contribution in [0, 0.1) is 0 Å². The van der Waals surface area contributed by atoms with Crippen molar-refractivity contribution in [3.63, 3.8) is 0 Å². The number of carbonyl (C=O) groups excluding carboxylic acids is 1. The number of carboxylic acids is 1. The lowest BCUT2D eigenvalue weighted by atomic mass is 10.0. The number of aromatic carboxylic acids is 1. The van der Waals surface area contributed by atoms with Crippen LogP contribution in [0.25, 0.3) is 0 Å². The van der Waals surface area contributed by atoms with Crippen LogP contribution in [0.5, 0.6) is 0 Å². The van der Waals surface area contributed by atoms with Crippen LogP contribution in [-0.4, -0.2) is 54.6 Å². The molecule has 0 radical (unpaired) electrons. The molecule has 2 heterocycles. The highest BCUT2D eigenvalue weighted by molar-refractivity contribution is 6.04. The SMILES string of the molecule is O=C(O)c1ccccc1C(=O)N[C@H]1CO[C@H]2[C@@H]1OC[C@H]2OCc1ccccc1. The van der Waals surface area contributed by atoms with Crippen molar-refractivity contribution in [3.05, 3.63) is 71.3 Å². The molecule has 0 spiro atoms. The van der Waals surface area contributed by atoms with Gasteiger partial charge >= 0.3 is 5.97 Å². The highest BCUT2D eigenvalue weighted by Crippen LogP contribution is 2.29. The van der Waals surface area contributed by atoms with Crippen molar-refractivity contribution >= 4 is 11.9 Å². The van der Waals surface area contributed by atoms with E-state index in [0.717, 1.165) is 5.56 Å². The summed E-state index contributed by atoms with van der Waals surface area (Å²) in [5, 5.41) is 12.1. The van der Waals surface area contributed by atoms with Crippen LogP contribution in [0.15, 0.2) is 54.6 Å². The van der Waals surface area contributed by atoms with Crippen molar-refractivity contribution in [2.24, 2.45) is 0 Å².